The number of rotatable bonds is 4. The maximum atomic E-state index is 12.9. The Balaban J connectivity index is 2.45. The number of carbonyl (C=O) groups excluding carboxylic acids is 1. The van der Waals surface area contributed by atoms with Gasteiger partial charge in [0.15, 0.2) is 9.84 Å². The van der Waals surface area contributed by atoms with Crippen molar-refractivity contribution in [1.82, 2.24) is 0 Å². The molecule has 0 spiro atoms. The monoisotopic (exact) mass is 422 g/mol. The van der Waals surface area contributed by atoms with E-state index in [0.29, 0.717) is 6.07 Å². The first-order valence-corrected chi connectivity index (χ1v) is 9.23. The molecule has 0 bridgehead atoms. The van der Waals surface area contributed by atoms with Gasteiger partial charge in [-0.25, -0.2) is 8.42 Å². The molecule has 0 saturated carbocycles. The van der Waals surface area contributed by atoms with Crippen LogP contribution in [0.1, 0.15) is 15.9 Å². The van der Waals surface area contributed by atoms with E-state index >= 15 is 0 Å². The zero-order valence-electron chi connectivity index (χ0n) is 13.4. The van der Waals surface area contributed by atoms with Gasteiger partial charge in [0.05, 0.1) is 20.4 Å². The predicted molar refractivity (Wildman–Crippen MR) is 90.6 cm³/mol. The second-order valence-electron chi connectivity index (χ2n) is 5.39. The molecular formula is C15H10ClF3N2O5S. The molecule has 0 aliphatic rings. The molecule has 0 fully saturated rings. The number of sulfone groups is 1. The second-order valence-corrected chi connectivity index (χ2v) is 7.81. The first kappa shape index (κ1) is 20.6. The second kappa shape index (κ2) is 7.16. The van der Waals surface area contributed by atoms with Gasteiger partial charge in [0, 0.05) is 29.6 Å². The smallest absolute Gasteiger partial charge is 0.322 e. The molecule has 2 rings (SSSR count). The highest BCUT2D eigenvalue weighted by molar-refractivity contribution is 7.90. The van der Waals surface area contributed by atoms with Gasteiger partial charge in [-0.2, -0.15) is 13.2 Å². The Morgan fingerprint density at radius 2 is 1.81 bits per heavy atom. The lowest BCUT2D eigenvalue weighted by atomic mass is 10.1. The fourth-order valence-corrected chi connectivity index (χ4v) is 2.96. The quantitative estimate of drug-likeness (QED) is 0.593. The van der Waals surface area contributed by atoms with E-state index in [0.717, 1.165) is 36.6 Å². The van der Waals surface area contributed by atoms with Crippen LogP contribution >= 0.6 is 11.6 Å². The lowest BCUT2D eigenvalue weighted by molar-refractivity contribution is -0.385. The number of nitrogens with one attached hydrogen (secondary N) is 1. The topological polar surface area (TPSA) is 106 Å². The summed E-state index contributed by atoms with van der Waals surface area (Å²) in [6.07, 6.45) is -3.96. The molecule has 7 nitrogen and oxygen atoms in total. The number of anilines is 1. The van der Waals surface area contributed by atoms with Crippen molar-refractivity contribution in [3.63, 3.8) is 0 Å². The van der Waals surface area contributed by atoms with Crippen LogP contribution in [0.25, 0.3) is 0 Å². The van der Waals surface area contributed by atoms with Gasteiger partial charge >= 0.3 is 6.18 Å². The molecule has 2 aromatic rings. The van der Waals surface area contributed by atoms with Gasteiger partial charge in [-0.3, -0.25) is 14.9 Å². The van der Waals surface area contributed by atoms with E-state index in [4.69, 9.17) is 11.6 Å². The number of nitrogens with zero attached hydrogens (tertiary/aromatic N) is 1. The summed E-state index contributed by atoms with van der Waals surface area (Å²) in [5, 5.41) is 12.5. The maximum Gasteiger partial charge on any atom is 0.417 e. The van der Waals surface area contributed by atoms with Crippen molar-refractivity contribution in [3.8, 4) is 0 Å². The number of benzene rings is 2. The SMILES string of the molecule is CS(=O)(=O)c1cc(C(=O)Nc2ccc(Cl)c(C(F)(F)F)c2)cc([N+](=O)[O-])c1. The van der Waals surface area contributed by atoms with Gasteiger partial charge in [-0.05, 0) is 24.3 Å². The first-order chi connectivity index (χ1) is 12.3. The number of hydrogen-bond donors (Lipinski definition) is 1. The van der Waals surface area contributed by atoms with Crippen LogP contribution in [-0.2, 0) is 16.0 Å². The average molecular weight is 423 g/mol. The van der Waals surface area contributed by atoms with E-state index < -0.39 is 53.6 Å². The molecule has 1 amide bonds. The summed E-state index contributed by atoms with van der Waals surface area (Å²) in [7, 11) is -3.87. The highest BCUT2D eigenvalue weighted by Crippen LogP contribution is 2.36. The van der Waals surface area contributed by atoms with Crippen LogP contribution in [0.5, 0.6) is 0 Å². The van der Waals surface area contributed by atoms with E-state index in [1.165, 1.54) is 0 Å². The summed E-state index contributed by atoms with van der Waals surface area (Å²) >= 11 is 5.49. The van der Waals surface area contributed by atoms with E-state index in [-0.39, 0.29) is 5.69 Å². The third-order valence-corrected chi connectivity index (χ3v) is 4.74. The molecule has 27 heavy (non-hydrogen) atoms. The Morgan fingerprint density at radius 1 is 1.19 bits per heavy atom. The molecule has 0 radical (unpaired) electrons. The van der Waals surface area contributed by atoms with Crippen molar-refractivity contribution in [3.05, 3.63) is 62.7 Å². The Morgan fingerprint density at radius 3 is 2.33 bits per heavy atom. The fourth-order valence-electron chi connectivity index (χ4n) is 2.06. The molecule has 0 aliphatic carbocycles. The van der Waals surface area contributed by atoms with Crippen LogP contribution < -0.4 is 5.32 Å². The summed E-state index contributed by atoms with van der Waals surface area (Å²) in [5.74, 6) is -1.03. The minimum atomic E-state index is -4.76. The van der Waals surface area contributed by atoms with Gasteiger partial charge in [0.2, 0.25) is 0 Å². The molecule has 0 saturated heterocycles. The van der Waals surface area contributed by atoms with Gasteiger partial charge in [-0.1, -0.05) is 11.6 Å². The van der Waals surface area contributed by atoms with Gasteiger partial charge in [0.25, 0.3) is 11.6 Å². The molecular weight excluding hydrogens is 413 g/mol. The van der Waals surface area contributed by atoms with Crippen molar-refractivity contribution < 1.29 is 31.3 Å². The van der Waals surface area contributed by atoms with Crippen LogP contribution in [-0.4, -0.2) is 25.5 Å². The highest BCUT2D eigenvalue weighted by Gasteiger charge is 2.33. The minimum Gasteiger partial charge on any atom is -0.322 e. The van der Waals surface area contributed by atoms with E-state index in [1.54, 1.807) is 0 Å². The number of halogens is 4. The lowest BCUT2D eigenvalue weighted by Gasteiger charge is -2.12. The van der Waals surface area contributed by atoms with Crippen LogP contribution in [0.3, 0.4) is 0 Å². The molecule has 0 atom stereocenters. The van der Waals surface area contributed by atoms with Crippen LogP contribution in [0, 0.1) is 10.1 Å². The molecule has 0 heterocycles. The summed E-state index contributed by atoms with van der Waals surface area (Å²) < 4.78 is 61.9. The van der Waals surface area contributed by atoms with Crippen LogP contribution in [0.15, 0.2) is 41.3 Å². The van der Waals surface area contributed by atoms with Crippen LogP contribution in [0.2, 0.25) is 5.02 Å². The standard InChI is InChI=1S/C15H10ClF3N2O5S/c1-27(25,26)11-5-8(4-10(7-11)21(23)24)14(22)20-9-2-3-13(16)12(6-9)15(17,18)19/h2-7H,1H3,(H,20,22). The number of nitro groups is 1. The van der Waals surface area contributed by atoms with Crippen molar-refractivity contribution in [2.45, 2.75) is 11.1 Å². The summed E-state index contributed by atoms with van der Waals surface area (Å²) in [6, 6.07) is 5.09. The van der Waals surface area contributed by atoms with Crippen LogP contribution in [0.4, 0.5) is 24.5 Å². The molecule has 2 aromatic carbocycles. The van der Waals surface area contributed by atoms with Crippen molar-refractivity contribution in [2.75, 3.05) is 11.6 Å². The third-order valence-electron chi connectivity index (χ3n) is 3.32. The first-order valence-electron chi connectivity index (χ1n) is 6.96. The minimum absolute atomic E-state index is 0.274. The zero-order chi connectivity index (χ0) is 20.6. The number of alkyl halides is 3. The van der Waals surface area contributed by atoms with Crippen molar-refractivity contribution in [1.29, 1.82) is 0 Å². The normalized spacial score (nSPS) is 11.9. The molecule has 0 aliphatic heterocycles. The van der Waals surface area contributed by atoms with E-state index in [1.807, 2.05) is 0 Å². The Hall–Kier alpha value is -2.66. The Labute approximate surface area is 155 Å². The summed E-state index contributed by atoms with van der Waals surface area (Å²) in [6.45, 7) is 0. The van der Waals surface area contributed by atoms with Gasteiger partial charge < -0.3 is 5.32 Å². The number of amides is 1. The average Bonchev–Trinajstić information content (AvgIpc) is 2.54. The molecule has 0 aromatic heterocycles. The lowest BCUT2D eigenvalue weighted by Crippen LogP contribution is -2.14. The molecule has 1 N–H and O–H groups in total. The number of nitro benzene ring substituents is 1. The number of carbonyl (C=O) groups is 1. The van der Waals surface area contributed by atoms with E-state index in [9.17, 15) is 36.5 Å². The maximum absolute atomic E-state index is 12.9. The number of hydrogen-bond acceptors (Lipinski definition) is 5. The molecule has 0 unspecified atom stereocenters. The highest BCUT2D eigenvalue weighted by atomic mass is 35.5. The summed E-state index contributed by atoms with van der Waals surface area (Å²) in [5.41, 5.74) is -2.52. The molecule has 144 valence electrons. The predicted octanol–water partition coefficient (Wildman–Crippen LogP) is 3.92. The van der Waals surface area contributed by atoms with Gasteiger partial charge in [-0.15, -0.1) is 0 Å². The van der Waals surface area contributed by atoms with E-state index in [2.05, 4.69) is 5.32 Å². The van der Waals surface area contributed by atoms with Gasteiger partial charge in [0.1, 0.15) is 0 Å². The largest absolute Gasteiger partial charge is 0.417 e. The number of non-ortho nitro benzene ring substituents is 1. The third kappa shape index (κ3) is 4.95. The Bertz CT molecular complexity index is 1040. The zero-order valence-corrected chi connectivity index (χ0v) is 14.9. The van der Waals surface area contributed by atoms with Crippen molar-refractivity contribution in [2.24, 2.45) is 0 Å². The fraction of sp³-hybridized carbons (Fsp3) is 0.133. The molecule has 12 heteroatoms. The van der Waals surface area contributed by atoms with Crippen molar-refractivity contribution >= 4 is 38.7 Å². The Kier molecular flexibility index (Phi) is 5.47. The summed E-state index contributed by atoms with van der Waals surface area (Å²) in [4.78, 5) is 21.8.